The van der Waals surface area contributed by atoms with E-state index in [-0.39, 0.29) is 16.3 Å². The molecule has 0 atom stereocenters. The molecule has 1 aromatic carbocycles. The monoisotopic (exact) mass is 360 g/mol. The number of nitrogens with zero attached hydrogens (tertiary/aromatic N) is 2. The molecule has 1 aliphatic carbocycles. The van der Waals surface area contributed by atoms with Gasteiger partial charge >= 0.3 is 0 Å². The summed E-state index contributed by atoms with van der Waals surface area (Å²) in [4.78, 5) is 0.270. The van der Waals surface area contributed by atoms with E-state index in [2.05, 4.69) is 20.2 Å². The van der Waals surface area contributed by atoms with Crippen LogP contribution >= 0.6 is 0 Å². The van der Waals surface area contributed by atoms with Crippen molar-refractivity contribution in [2.24, 2.45) is 0 Å². The second kappa shape index (κ2) is 6.63. The molecule has 0 aliphatic heterocycles. The van der Waals surface area contributed by atoms with Gasteiger partial charge in [0, 0.05) is 5.54 Å². The van der Waals surface area contributed by atoms with Gasteiger partial charge in [0.15, 0.2) is 5.82 Å². The van der Waals surface area contributed by atoms with Gasteiger partial charge in [0.2, 0.25) is 0 Å². The Morgan fingerprint density at radius 1 is 0.920 bits per heavy atom. The Bertz CT molecular complexity index is 856. The Kier molecular flexibility index (Phi) is 4.69. The Labute approximate surface area is 149 Å². The summed E-state index contributed by atoms with van der Waals surface area (Å²) in [5, 5.41) is 11.2. The maximum absolute atomic E-state index is 12.6. The molecule has 0 fully saturated rings. The van der Waals surface area contributed by atoms with Gasteiger partial charge in [-0.05, 0) is 81.8 Å². The van der Waals surface area contributed by atoms with Crippen molar-refractivity contribution in [3.8, 4) is 0 Å². The van der Waals surface area contributed by atoms with E-state index in [4.69, 9.17) is 0 Å². The third-order valence-corrected chi connectivity index (χ3v) is 5.39. The van der Waals surface area contributed by atoms with Crippen molar-refractivity contribution in [1.82, 2.24) is 10.2 Å². The summed E-state index contributed by atoms with van der Waals surface area (Å²) in [5.41, 5.74) is 2.24. The maximum Gasteiger partial charge on any atom is 0.263 e. The molecule has 2 N–H and O–H groups in total. The molecule has 6 nitrogen and oxygen atoms in total. The molecule has 7 heteroatoms. The van der Waals surface area contributed by atoms with E-state index in [0.717, 1.165) is 24.8 Å². The van der Waals surface area contributed by atoms with Crippen molar-refractivity contribution < 1.29 is 8.42 Å². The van der Waals surface area contributed by atoms with Crippen LogP contribution in [0, 0.1) is 0 Å². The van der Waals surface area contributed by atoms with Crippen molar-refractivity contribution >= 4 is 21.7 Å². The van der Waals surface area contributed by atoms with Crippen molar-refractivity contribution in [1.29, 1.82) is 0 Å². The number of aromatic nitrogens is 2. The van der Waals surface area contributed by atoms with Gasteiger partial charge in [0.1, 0.15) is 5.82 Å². The predicted molar refractivity (Wildman–Crippen MR) is 99.3 cm³/mol. The largest absolute Gasteiger partial charge is 0.364 e. The van der Waals surface area contributed by atoms with Crippen LogP contribution in [0.15, 0.2) is 35.2 Å². The third kappa shape index (κ3) is 4.48. The highest BCUT2D eigenvalue weighted by Gasteiger charge is 2.19. The fraction of sp³-hybridized carbons (Fsp3) is 0.444. The van der Waals surface area contributed by atoms with Gasteiger partial charge in [-0.25, -0.2) is 8.42 Å². The summed E-state index contributed by atoms with van der Waals surface area (Å²) in [6.45, 7) is 6.05. The molecule has 3 rings (SSSR count). The highest BCUT2D eigenvalue weighted by molar-refractivity contribution is 7.92. The second-order valence-electron chi connectivity index (χ2n) is 7.42. The van der Waals surface area contributed by atoms with E-state index in [9.17, 15) is 8.42 Å². The zero-order valence-electron chi connectivity index (χ0n) is 14.8. The maximum atomic E-state index is 12.6. The summed E-state index contributed by atoms with van der Waals surface area (Å²) >= 11 is 0. The standard InChI is InChI=1S/C18H24N4O2S/c1-18(2,3)19-16-10-11-17(21-20-16)22-25(23,24)15-9-8-13-6-4-5-7-14(13)12-15/h8-12H,4-7H2,1-3H3,(H,19,20)(H,21,22). The normalized spacial score (nSPS) is 14.7. The molecule has 1 aliphatic rings. The number of nitrogens with one attached hydrogen (secondary N) is 2. The summed E-state index contributed by atoms with van der Waals surface area (Å²) in [5.74, 6) is 0.807. The number of aryl methyl sites for hydroxylation is 2. The van der Waals surface area contributed by atoms with Crippen molar-refractivity contribution in [3.05, 3.63) is 41.5 Å². The highest BCUT2D eigenvalue weighted by atomic mass is 32.2. The van der Waals surface area contributed by atoms with E-state index in [1.165, 1.54) is 12.0 Å². The number of rotatable bonds is 4. The molecule has 0 radical (unpaired) electrons. The Morgan fingerprint density at radius 2 is 1.56 bits per heavy atom. The molecule has 1 heterocycles. The van der Waals surface area contributed by atoms with E-state index >= 15 is 0 Å². The van der Waals surface area contributed by atoms with E-state index < -0.39 is 10.0 Å². The number of anilines is 2. The zero-order valence-corrected chi connectivity index (χ0v) is 15.7. The zero-order chi connectivity index (χ0) is 18.1. The van der Waals surface area contributed by atoms with Crippen LogP contribution in [0.2, 0.25) is 0 Å². The minimum Gasteiger partial charge on any atom is -0.364 e. The van der Waals surface area contributed by atoms with E-state index in [1.54, 1.807) is 24.3 Å². The lowest BCUT2D eigenvalue weighted by Gasteiger charge is -2.20. The number of benzene rings is 1. The van der Waals surface area contributed by atoms with Crippen molar-refractivity contribution in [2.75, 3.05) is 10.0 Å². The fourth-order valence-electron chi connectivity index (χ4n) is 2.91. The molecule has 0 saturated heterocycles. The van der Waals surface area contributed by atoms with Crippen molar-refractivity contribution in [2.45, 2.75) is 56.9 Å². The first kappa shape index (κ1) is 17.7. The van der Waals surface area contributed by atoms with Crippen LogP contribution in [0.1, 0.15) is 44.7 Å². The average molecular weight is 360 g/mol. The predicted octanol–water partition coefficient (Wildman–Crippen LogP) is 3.37. The lowest BCUT2D eigenvalue weighted by molar-refractivity contribution is 0.600. The molecule has 134 valence electrons. The van der Waals surface area contributed by atoms with Crippen molar-refractivity contribution in [3.63, 3.8) is 0 Å². The lowest BCUT2D eigenvalue weighted by atomic mass is 9.92. The Morgan fingerprint density at radius 3 is 2.20 bits per heavy atom. The molecular weight excluding hydrogens is 336 g/mol. The molecule has 25 heavy (non-hydrogen) atoms. The van der Waals surface area contributed by atoms with Gasteiger partial charge in [-0.1, -0.05) is 6.07 Å². The van der Waals surface area contributed by atoms with Crippen LogP contribution in [0.5, 0.6) is 0 Å². The average Bonchev–Trinajstić information content (AvgIpc) is 2.55. The number of fused-ring (bicyclic) bond motifs is 1. The van der Waals surface area contributed by atoms with Gasteiger partial charge in [0.05, 0.1) is 4.90 Å². The molecule has 0 amide bonds. The lowest BCUT2D eigenvalue weighted by Crippen LogP contribution is -2.26. The van der Waals surface area contributed by atoms with Gasteiger partial charge in [-0.3, -0.25) is 4.72 Å². The van der Waals surface area contributed by atoms with Crippen LogP contribution < -0.4 is 10.0 Å². The third-order valence-electron chi connectivity index (χ3n) is 4.04. The molecule has 0 unspecified atom stereocenters. The van der Waals surface area contributed by atoms with Crippen LogP contribution in [0.4, 0.5) is 11.6 Å². The smallest absolute Gasteiger partial charge is 0.263 e. The van der Waals surface area contributed by atoms with Crippen LogP contribution in [-0.4, -0.2) is 24.2 Å². The first-order chi connectivity index (χ1) is 11.7. The van der Waals surface area contributed by atoms with Gasteiger partial charge in [-0.15, -0.1) is 10.2 Å². The molecule has 0 spiro atoms. The van der Waals surface area contributed by atoms with Crippen LogP contribution in [0.3, 0.4) is 0 Å². The van der Waals surface area contributed by atoms with E-state index in [0.29, 0.717) is 5.82 Å². The molecule has 0 saturated carbocycles. The minimum absolute atomic E-state index is 0.140. The highest BCUT2D eigenvalue weighted by Crippen LogP contribution is 2.25. The Hall–Kier alpha value is -2.15. The van der Waals surface area contributed by atoms with E-state index in [1.807, 2.05) is 26.8 Å². The SMILES string of the molecule is CC(C)(C)Nc1ccc(NS(=O)(=O)c2ccc3c(c2)CCCC3)nn1. The van der Waals surface area contributed by atoms with Crippen LogP contribution in [-0.2, 0) is 22.9 Å². The van der Waals surface area contributed by atoms with Gasteiger partial charge in [0.25, 0.3) is 10.0 Å². The summed E-state index contributed by atoms with van der Waals surface area (Å²) in [6, 6.07) is 8.68. The Balaban J connectivity index is 1.77. The second-order valence-corrected chi connectivity index (χ2v) is 9.10. The number of hydrogen-bond donors (Lipinski definition) is 2. The van der Waals surface area contributed by atoms with Gasteiger partial charge < -0.3 is 5.32 Å². The van der Waals surface area contributed by atoms with Crippen LogP contribution in [0.25, 0.3) is 0 Å². The summed E-state index contributed by atoms with van der Waals surface area (Å²) < 4.78 is 27.7. The number of hydrogen-bond acceptors (Lipinski definition) is 5. The minimum atomic E-state index is -3.67. The topological polar surface area (TPSA) is 84.0 Å². The number of sulfonamides is 1. The molecular formula is C18H24N4O2S. The fourth-order valence-corrected chi connectivity index (χ4v) is 3.96. The summed E-state index contributed by atoms with van der Waals surface area (Å²) in [6.07, 6.45) is 4.24. The van der Waals surface area contributed by atoms with Gasteiger partial charge in [-0.2, -0.15) is 0 Å². The molecule has 1 aromatic heterocycles. The first-order valence-electron chi connectivity index (χ1n) is 8.49. The molecule has 0 bridgehead atoms. The quantitative estimate of drug-likeness (QED) is 0.873. The summed E-state index contributed by atoms with van der Waals surface area (Å²) in [7, 11) is -3.67. The first-order valence-corrected chi connectivity index (χ1v) is 9.98. The molecule has 2 aromatic rings.